The van der Waals surface area contributed by atoms with Gasteiger partial charge in [-0.25, -0.2) is 0 Å². The van der Waals surface area contributed by atoms with Crippen LogP contribution in [0, 0.1) is 6.92 Å². The molecule has 0 aliphatic heterocycles. The van der Waals surface area contributed by atoms with Crippen LogP contribution in [0.15, 0.2) is 42.6 Å². The molecule has 0 aliphatic rings. The molecule has 0 spiro atoms. The topological polar surface area (TPSA) is 80.0 Å². The van der Waals surface area contributed by atoms with Crippen LogP contribution in [0.5, 0.6) is 0 Å². The van der Waals surface area contributed by atoms with Crippen molar-refractivity contribution in [2.75, 3.05) is 5.43 Å². The van der Waals surface area contributed by atoms with Gasteiger partial charge in [-0.05, 0) is 42.8 Å². The normalized spacial score (nSPS) is 10.0. The van der Waals surface area contributed by atoms with E-state index in [1.54, 1.807) is 24.4 Å². The zero-order valence-electron chi connectivity index (χ0n) is 10.7. The molecule has 98 valence electrons. The number of carbonyl (C=O) groups is 1. The van der Waals surface area contributed by atoms with Crippen molar-refractivity contribution in [1.82, 2.24) is 10.3 Å². The van der Waals surface area contributed by atoms with Crippen LogP contribution < -0.4 is 16.6 Å². The Hall–Kier alpha value is -2.40. The van der Waals surface area contributed by atoms with E-state index in [4.69, 9.17) is 5.84 Å². The number of rotatable bonds is 4. The Balaban J connectivity index is 2.02. The summed E-state index contributed by atoms with van der Waals surface area (Å²) in [7, 11) is 0. The van der Waals surface area contributed by atoms with E-state index in [0.717, 1.165) is 16.9 Å². The van der Waals surface area contributed by atoms with Crippen LogP contribution in [0.25, 0.3) is 0 Å². The zero-order chi connectivity index (χ0) is 13.7. The minimum absolute atomic E-state index is 0.127. The fourth-order valence-electron chi connectivity index (χ4n) is 1.74. The molecule has 0 aliphatic carbocycles. The van der Waals surface area contributed by atoms with Gasteiger partial charge in [-0.15, -0.1) is 0 Å². The lowest BCUT2D eigenvalue weighted by Gasteiger charge is -2.08. The second kappa shape index (κ2) is 5.97. The molecule has 5 nitrogen and oxygen atoms in total. The van der Waals surface area contributed by atoms with Crippen molar-refractivity contribution in [3.63, 3.8) is 0 Å². The minimum atomic E-state index is -0.127. The molecule has 1 amide bonds. The number of nitrogens with zero attached hydrogens (tertiary/aromatic N) is 1. The van der Waals surface area contributed by atoms with Gasteiger partial charge in [-0.2, -0.15) is 0 Å². The van der Waals surface area contributed by atoms with Crippen molar-refractivity contribution in [3.8, 4) is 0 Å². The summed E-state index contributed by atoms with van der Waals surface area (Å²) in [6, 6.07) is 10.9. The number of anilines is 1. The summed E-state index contributed by atoms with van der Waals surface area (Å²) in [4.78, 5) is 16.1. The molecule has 0 unspecified atom stereocenters. The smallest absolute Gasteiger partial charge is 0.251 e. The van der Waals surface area contributed by atoms with E-state index in [0.29, 0.717) is 12.1 Å². The maximum atomic E-state index is 12.0. The van der Waals surface area contributed by atoms with E-state index in [1.165, 1.54) is 0 Å². The average Bonchev–Trinajstić information content (AvgIpc) is 2.45. The van der Waals surface area contributed by atoms with Gasteiger partial charge in [-0.3, -0.25) is 15.6 Å². The number of nitrogens with one attached hydrogen (secondary N) is 2. The fraction of sp³-hybridized carbons (Fsp3) is 0.143. The van der Waals surface area contributed by atoms with Crippen molar-refractivity contribution in [1.29, 1.82) is 0 Å². The number of amides is 1. The van der Waals surface area contributed by atoms with Crippen molar-refractivity contribution in [2.45, 2.75) is 13.5 Å². The number of hydrogen-bond donors (Lipinski definition) is 3. The Morgan fingerprint density at radius 1 is 1.32 bits per heavy atom. The summed E-state index contributed by atoms with van der Waals surface area (Å²) in [5, 5.41) is 2.83. The molecule has 2 aromatic rings. The molecule has 0 bridgehead atoms. The fourth-order valence-corrected chi connectivity index (χ4v) is 1.74. The van der Waals surface area contributed by atoms with Gasteiger partial charge >= 0.3 is 0 Å². The van der Waals surface area contributed by atoms with Crippen molar-refractivity contribution < 1.29 is 4.79 Å². The Bertz CT molecular complexity index is 569. The van der Waals surface area contributed by atoms with E-state index in [2.05, 4.69) is 15.7 Å². The number of hydrazine groups is 1. The molecule has 0 fully saturated rings. The van der Waals surface area contributed by atoms with Crippen LogP contribution in [-0.2, 0) is 6.54 Å². The molecule has 0 atom stereocenters. The number of nitrogen functional groups attached to an aromatic ring is 1. The summed E-state index contributed by atoms with van der Waals surface area (Å²) >= 11 is 0. The van der Waals surface area contributed by atoms with Crippen LogP contribution >= 0.6 is 0 Å². The van der Waals surface area contributed by atoms with Gasteiger partial charge in [0.1, 0.15) is 0 Å². The second-order valence-corrected chi connectivity index (χ2v) is 4.18. The molecule has 0 saturated carbocycles. The minimum Gasteiger partial charge on any atom is -0.346 e. The van der Waals surface area contributed by atoms with Crippen molar-refractivity contribution >= 4 is 11.6 Å². The Morgan fingerprint density at radius 3 is 2.79 bits per heavy atom. The predicted molar refractivity (Wildman–Crippen MR) is 74.4 cm³/mol. The van der Waals surface area contributed by atoms with Crippen LogP contribution in [0.4, 0.5) is 5.69 Å². The van der Waals surface area contributed by atoms with E-state index in [1.807, 2.05) is 25.1 Å². The first kappa shape index (κ1) is 13.0. The lowest BCUT2D eigenvalue weighted by Crippen LogP contribution is -2.23. The van der Waals surface area contributed by atoms with E-state index >= 15 is 0 Å². The molecular formula is C14H16N4O. The molecule has 1 aromatic heterocycles. The van der Waals surface area contributed by atoms with Gasteiger partial charge < -0.3 is 10.7 Å². The number of carbonyl (C=O) groups excluding carboxylic acids is 1. The third kappa shape index (κ3) is 3.29. The molecule has 2 rings (SSSR count). The Morgan fingerprint density at radius 2 is 2.16 bits per heavy atom. The molecule has 5 heteroatoms. The third-order valence-corrected chi connectivity index (χ3v) is 2.80. The van der Waals surface area contributed by atoms with Gasteiger partial charge in [0.2, 0.25) is 0 Å². The largest absolute Gasteiger partial charge is 0.346 e. The highest BCUT2D eigenvalue weighted by Crippen LogP contribution is 2.15. The standard InChI is InChI=1S/C14H16N4O/c1-10-8-11(5-6-13(10)18-15)14(19)17-9-12-4-2-3-7-16-12/h2-8,18H,9,15H2,1H3,(H,17,19). The molecule has 1 heterocycles. The molecule has 19 heavy (non-hydrogen) atoms. The Labute approximate surface area is 111 Å². The summed E-state index contributed by atoms with van der Waals surface area (Å²) < 4.78 is 0. The first-order chi connectivity index (χ1) is 9.20. The van der Waals surface area contributed by atoms with E-state index < -0.39 is 0 Å². The summed E-state index contributed by atoms with van der Waals surface area (Å²) in [5.41, 5.74) is 5.74. The van der Waals surface area contributed by atoms with Crippen molar-refractivity contribution in [2.24, 2.45) is 5.84 Å². The molecule has 0 radical (unpaired) electrons. The number of aromatic nitrogens is 1. The van der Waals surface area contributed by atoms with Crippen molar-refractivity contribution in [3.05, 3.63) is 59.4 Å². The first-order valence-electron chi connectivity index (χ1n) is 5.96. The lowest BCUT2D eigenvalue weighted by atomic mass is 10.1. The van der Waals surface area contributed by atoms with E-state index in [-0.39, 0.29) is 5.91 Å². The van der Waals surface area contributed by atoms with Gasteiger partial charge in [0.15, 0.2) is 0 Å². The molecule has 1 aromatic carbocycles. The highest BCUT2D eigenvalue weighted by Gasteiger charge is 2.07. The summed E-state index contributed by atoms with van der Waals surface area (Å²) in [6.07, 6.45) is 1.70. The molecule has 4 N–H and O–H groups in total. The number of pyridine rings is 1. The molecular weight excluding hydrogens is 240 g/mol. The first-order valence-corrected chi connectivity index (χ1v) is 5.96. The summed E-state index contributed by atoms with van der Waals surface area (Å²) in [6.45, 7) is 2.31. The summed E-state index contributed by atoms with van der Waals surface area (Å²) in [5.74, 6) is 5.23. The van der Waals surface area contributed by atoms with Gasteiger partial charge in [0.25, 0.3) is 5.91 Å². The van der Waals surface area contributed by atoms with Crippen LogP contribution in [0.2, 0.25) is 0 Å². The zero-order valence-corrected chi connectivity index (χ0v) is 10.7. The number of aryl methyl sites for hydroxylation is 1. The van der Waals surface area contributed by atoms with Crippen LogP contribution in [0.3, 0.4) is 0 Å². The van der Waals surface area contributed by atoms with Gasteiger partial charge in [-0.1, -0.05) is 6.07 Å². The third-order valence-electron chi connectivity index (χ3n) is 2.80. The maximum absolute atomic E-state index is 12.0. The molecule has 0 saturated heterocycles. The number of nitrogens with two attached hydrogens (primary N) is 1. The predicted octanol–water partition coefficient (Wildman–Crippen LogP) is 1.61. The number of hydrogen-bond acceptors (Lipinski definition) is 4. The highest BCUT2D eigenvalue weighted by atomic mass is 16.1. The van der Waals surface area contributed by atoms with E-state index in [9.17, 15) is 4.79 Å². The lowest BCUT2D eigenvalue weighted by molar-refractivity contribution is 0.0950. The maximum Gasteiger partial charge on any atom is 0.251 e. The highest BCUT2D eigenvalue weighted by molar-refractivity contribution is 5.94. The van der Waals surface area contributed by atoms with Crippen LogP contribution in [-0.4, -0.2) is 10.9 Å². The second-order valence-electron chi connectivity index (χ2n) is 4.18. The number of benzene rings is 1. The Kier molecular flexibility index (Phi) is 4.10. The SMILES string of the molecule is Cc1cc(C(=O)NCc2ccccn2)ccc1NN. The quantitative estimate of drug-likeness (QED) is 0.573. The average molecular weight is 256 g/mol. The van der Waals surface area contributed by atoms with Gasteiger partial charge in [0, 0.05) is 11.8 Å². The monoisotopic (exact) mass is 256 g/mol. The van der Waals surface area contributed by atoms with Crippen LogP contribution in [0.1, 0.15) is 21.6 Å². The van der Waals surface area contributed by atoms with Gasteiger partial charge in [0.05, 0.1) is 17.9 Å².